The van der Waals surface area contributed by atoms with E-state index in [0.29, 0.717) is 5.92 Å². The summed E-state index contributed by atoms with van der Waals surface area (Å²) in [7, 11) is 0. The summed E-state index contributed by atoms with van der Waals surface area (Å²) in [6, 6.07) is 12.5. The molecular formula is C28H32ClN3O. The molecule has 2 aliphatic rings. The normalized spacial score (nSPS) is 18.4. The number of benzene rings is 2. The second kappa shape index (κ2) is 9.74. The molecule has 172 valence electrons. The Kier molecular flexibility index (Phi) is 6.57. The molecular weight excluding hydrogens is 430 g/mol. The lowest BCUT2D eigenvalue weighted by atomic mass is 9.94. The van der Waals surface area contributed by atoms with Crippen LogP contribution in [0, 0.1) is 0 Å². The van der Waals surface area contributed by atoms with Gasteiger partial charge in [-0.1, -0.05) is 36.2 Å². The number of carbonyl (C=O) groups is 1. The van der Waals surface area contributed by atoms with Crippen molar-refractivity contribution in [1.29, 1.82) is 0 Å². The zero-order valence-corrected chi connectivity index (χ0v) is 20.0. The third-order valence-electron chi connectivity index (χ3n) is 7.23. The van der Waals surface area contributed by atoms with Gasteiger partial charge in [-0.05, 0) is 85.5 Å². The Morgan fingerprint density at radius 2 is 2.09 bits per heavy atom. The Bertz CT molecular complexity index is 1200. The SMILES string of the molecule is CC(=O)Nc1ccc2c(c1)C(CCCCN1CC=C(c3c[nH]c4cc(Cl)ccc34)CC1)CC2. The quantitative estimate of drug-likeness (QED) is 0.381. The molecule has 33 heavy (non-hydrogen) atoms. The van der Waals surface area contributed by atoms with Crippen LogP contribution in [0.5, 0.6) is 0 Å². The van der Waals surface area contributed by atoms with Crippen LogP contribution in [-0.2, 0) is 11.2 Å². The Morgan fingerprint density at radius 3 is 2.91 bits per heavy atom. The number of hydrogen-bond acceptors (Lipinski definition) is 2. The van der Waals surface area contributed by atoms with E-state index < -0.39 is 0 Å². The lowest BCUT2D eigenvalue weighted by Crippen LogP contribution is -2.29. The van der Waals surface area contributed by atoms with E-state index in [1.54, 1.807) is 6.92 Å². The van der Waals surface area contributed by atoms with Crippen LogP contribution in [0.4, 0.5) is 5.69 Å². The van der Waals surface area contributed by atoms with Gasteiger partial charge in [-0.15, -0.1) is 0 Å². The third-order valence-corrected chi connectivity index (χ3v) is 7.46. The summed E-state index contributed by atoms with van der Waals surface area (Å²) in [6.45, 7) is 4.89. The monoisotopic (exact) mass is 461 g/mol. The zero-order valence-electron chi connectivity index (χ0n) is 19.3. The van der Waals surface area contributed by atoms with Gasteiger partial charge in [0.1, 0.15) is 0 Å². The molecule has 1 atom stereocenters. The van der Waals surface area contributed by atoms with Gasteiger partial charge in [-0.25, -0.2) is 0 Å². The maximum atomic E-state index is 11.4. The van der Waals surface area contributed by atoms with Crippen molar-refractivity contribution in [2.75, 3.05) is 25.0 Å². The van der Waals surface area contributed by atoms with Crippen molar-refractivity contribution in [3.63, 3.8) is 0 Å². The number of carbonyl (C=O) groups excluding carboxylic acids is 1. The molecule has 0 fully saturated rings. The maximum absolute atomic E-state index is 11.4. The molecule has 0 saturated carbocycles. The Hall–Kier alpha value is -2.56. The summed E-state index contributed by atoms with van der Waals surface area (Å²) in [4.78, 5) is 17.3. The van der Waals surface area contributed by atoms with Gasteiger partial charge in [0.2, 0.25) is 5.91 Å². The van der Waals surface area contributed by atoms with Gasteiger partial charge < -0.3 is 10.3 Å². The Balaban J connectivity index is 1.11. The molecule has 0 bridgehead atoms. The highest BCUT2D eigenvalue weighted by atomic mass is 35.5. The van der Waals surface area contributed by atoms with E-state index in [0.717, 1.165) is 35.7 Å². The molecule has 1 amide bonds. The van der Waals surface area contributed by atoms with Crippen molar-refractivity contribution < 1.29 is 4.79 Å². The first-order chi connectivity index (χ1) is 16.1. The van der Waals surface area contributed by atoms with Crippen LogP contribution in [0.1, 0.15) is 61.6 Å². The summed E-state index contributed by atoms with van der Waals surface area (Å²) in [5.74, 6) is 0.634. The number of H-pyrrole nitrogens is 1. The first kappa shape index (κ1) is 22.2. The van der Waals surface area contributed by atoms with Gasteiger partial charge in [0, 0.05) is 53.4 Å². The minimum absolute atomic E-state index is 0.00248. The summed E-state index contributed by atoms with van der Waals surface area (Å²) in [5, 5.41) is 4.97. The lowest BCUT2D eigenvalue weighted by molar-refractivity contribution is -0.114. The van der Waals surface area contributed by atoms with E-state index in [9.17, 15) is 4.79 Å². The smallest absolute Gasteiger partial charge is 0.221 e. The third kappa shape index (κ3) is 5.02. The molecule has 5 rings (SSSR count). The average molecular weight is 462 g/mol. The molecule has 0 spiro atoms. The number of fused-ring (bicyclic) bond motifs is 2. The van der Waals surface area contributed by atoms with E-state index in [1.165, 1.54) is 66.3 Å². The molecule has 4 nitrogen and oxygen atoms in total. The number of aromatic amines is 1. The fraction of sp³-hybridized carbons (Fsp3) is 0.393. The molecule has 5 heteroatoms. The molecule has 1 aliphatic heterocycles. The number of halogens is 1. The van der Waals surface area contributed by atoms with Gasteiger partial charge in [-0.2, -0.15) is 0 Å². The van der Waals surface area contributed by atoms with Crippen LogP contribution in [-0.4, -0.2) is 35.4 Å². The molecule has 1 aromatic heterocycles. The predicted octanol–water partition coefficient (Wildman–Crippen LogP) is 6.77. The summed E-state index contributed by atoms with van der Waals surface area (Å²) < 4.78 is 0. The molecule has 1 aliphatic carbocycles. The number of nitrogens with zero attached hydrogens (tertiary/aromatic N) is 1. The first-order valence-electron chi connectivity index (χ1n) is 12.2. The Labute approximate surface area is 201 Å². The van der Waals surface area contributed by atoms with Gasteiger partial charge in [0.05, 0.1) is 0 Å². The average Bonchev–Trinajstić information content (AvgIpc) is 3.40. The number of unbranched alkanes of at least 4 members (excludes halogenated alkanes) is 1. The highest BCUT2D eigenvalue weighted by Crippen LogP contribution is 2.38. The van der Waals surface area contributed by atoms with E-state index in [1.807, 2.05) is 18.2 Å². The summed E-state index contributed by atoms with van der Waals surface area (Å²) in [6.07, 6.45) is 11.8. The van der Waals surface area contributed by atoms with Crippen molar-refractivity contribution in [2.24, 2.45) is 0 Å². The minimum Gasteiger partial charge on any atom is -0.361 e. The van der Waals surface area contributed by atoms with Crippen molar-refractivity contribution in [1.82, 2.24) is 9.88 Å². The van der Waals surface area contributed by atoms with E-state index in [4.69, 9.17) is 11.6 Å². The van der Waals surface area contributed by atoms with Crippen LogP contribution < -0.4 is 5.32 Å². The molecule has 0 saturated heterocycles. The highest BCUT2D eigenvalue weighted by Gasteiger charge is 2.23. The van der Waals surface area contributed by atoms with Gasteiger partial charge >= 0.3 is 0 Å². The molecule has 1 unspecified atom stereocenters. The van der Waals surface area contributed by atoms with Crippen LogP contribution in [0.25, 0.3) is 16.5 Å². The highest BCUT2D eigenvalue weighted by molar-refractivity contribution is 6.31. The van der Waals surface area contributed by atoms with Gasteiger partial charge in [0.15, 0.2) is 0 Å². The lowest BCUT2D eigenvalue weighted by Gasteiger charge is -2.26. The standard InChI is InChI=1S/C28H32ClN3O/c1-19(33)31-24-9-7-21-6-5-20(26(21)17-24)4-2-3-13-32-14-11-22(12-15-32)27-18-30-28-16-23(29)8-10-25(27)28/h7-11,16-18,20,30H,2-6,12-15H2,1H3,(H,31,33). The van der Waals surface area contributed by atoms with E-state index >= 15 is 0 Å². The fourth-order valence-corrected chi connectivity index (χ4v) is 5.69. The van der Waals surface area contributed by atoms with Crippen molar-refractivity contribution in [3.8, 4) is 0 Å². The predicted molar refractivity (Wildman–Crippen MR) is 138 cm³/mol. The van der Waals surface area contributed by atoms with E-state index in [2.05, 4.69) is 45.7 Å². The number of aryl methyl sites for hydroxylation is 1. The van der Waals surface area contributed by atoms with Crippen molar-refractivity contribution in [2.45, 2.75) is 51.4 Å². The Morgan fingerprint density at radius 1 is 1.18 bits per heavy atom. The molecule has 2 heterocycles. The largest absolute Gasteiger partial charge is 0.361 e. The number of hydrogen-bond donors (Lipinski definition) is 2. The minimum atomic E-state index is -0.00248. The number of rotatable bonds is 7. The van der Waals surface area contributed by atoms with Gasteiger partial charge in [0.25, 0.3) is 0 Å². The fourth-order valence-electron chi connectivity index (χ4n) is 5.52. The summed E-state index contributed by atoms with van der Waals surface area (Å²) >= 11 is 6.13. The maximum Gasteiger partial charge on any atom is 0.221 e. The number of amides is 1. The number of nitrogens with one attached hydrogen (secondary N) is 2. The second-order valence-corrected chi connectivity index (χ2v) is 9.93. The van der Waals surface area contributed by atoms with Crippen molar-refractivity contribution in [3.05, 3.63) is 70.4 Å². The topological polar surface area (TPSA) is 48.1 Å². The molecule has 3 aromatic rings. The number of anilines is 1. The molecule has 2 aromatic carbocycles. The molecule has 0 radical (unpaired) electrons. The van der Waals surface area contributed by atoms with Crippen molar-refractivity contribution >= 4 is 39.7 Å². The second-order valence-electron chi connectivity index (χ2n) is 9.50. The van der Waals surface area contributed by atoms with Crippen LogP contribution in [0.15, 0.2) is 48.7 Å². The van der Waals surface area contributed by atoms with E-state index in [-0.39, 0.29) is 5.91 Å². The van der Waals surface area contributed by atoms with Crippen LogP contribution >= 0.6 is 11.6 Å². The molecule has 2 N–H and O–H groups in total. The summed E-state index contributed by atoms with van der Waals surface area (Å²) in [5.41, 5.74) is 7.72. The zero-order chi connectivity index (χ0) is 22.8. The van der Waals surface area contributed by atoms with Gasteiger partial charge in [-0.3, -0.25) is 9.69 Å². The number of aromatic nitrogens is 1. The van der Waals surface area contributed by atoms with Crippen LogP contribution in [0.3, 0.4) is 0 Å². The first-order valence-corrected chi connectivity index (χ1v) is 12.5. The van der Waals surface area contributed by atoms with Crippen LogP contribution in [0.2, 0.25) is 5.02 Å².